The quantitative estimate of drug-likeness (QED) is 0.620. The van der Waals surface area contributed by atoms with Crippen molar-refractivity contribution < 1.29 is 9.53 Å². The Labute approximate surface area is 167 Å². The van der Waals surface area contributed by atoms with Crippen LogP contribution in [0.3, 0.4) is 0 Å². The van der Waals surface area contributed by atoms with Crippen molar-refractivity contribution in [1.82, 2.24) is 15.1 Å². The van der Waals surface area contributed by atoms with Gasteiger partial charge in [-0.05, 0) is 42.8 Å². The average molecular weight is 404 g/mol. The fraction of sp³-hybridized carbons (Fsp3) is 0.200. The van der Waals surface area contributed by atoms with Crippen LogP contribution < -0.4 is 10.1 Å². The van der Waals surface area contributed by atoms with Crippen LogP contribution in [0.25, 0.3) is 0 Å². The van der Waals surface area contributed by atoms with E-state index in [-0.39, 0.29) is 12.5 Å². The van der Waals surface area contributed by atoms with Crippen LogP contribution in [-0.2, 0) is 19.7 Å². The molecule has 140 valence electrons. The van der Waals surface area contributed by atoms with Crippen molar-refractivity contribution in [3.8, 4) is 5.75 Å². The number of hydrogen-bond donors (Lipinski definition) is 1. The molecule has 0 aliphatic rings. The highest BCUT2D eigenvalue weighted by Crippen LogP contribution is 2.18. The molecular weight excluding hydrogens is 385 g/mol. The van der Waals surface area contributed by atoms with Crippen molar-refractivity contribution in [1.29, 1.82) is 0 Å². The molecular formula is C20H19Cl2N3O2. The normalized spacial score (nSPS) is 10.6. The Morgan fingerprint density at radius 3 is 2.63 bits per heavy atom. The molecule has 1 aromatic heterocycles. The van der Waals surface area contributed by atoms with Gasteiger partial charge in [0.2, 0.25) is 0 Å². The summed E-state index contributed by atoms with van der Waals surface area (Å²) < 4.78 is 7.43. The van der Waals surface area contributed by atoms with Gasteiger partial charge in [0.25, 0.3) is 5.91 Å². The van der Waals surface area contributed by atoms with Crippen LogP contribution in [0.2, 0.25) is 10.0 Å². The van der Waals surface area contributed by atoms with Gasteiger partial charge >= 0.3 is 0 Å². The number of nitrogens with one attached hydrogen (secondary N) is 1. The van der Waals surface area contributed by atoms with Gasteiger partial charge in [0.05, 0.1) is 11.6 Å². The summed E-state index contributed by atoms with van der Waals surface area (Å²) >= 11 is 12.0. The van der Waals surface area contributed by atoms with Crippen molar-refractivity contribution in [3.63, 3.8) is 0 Å². The summed E-state index contributed by atoms with van der Waals surface area (Å²) in [5, 5.41) is 8.32. The molecule has 0 bridgehead atoms. The van der Waals surface area contributed by atoms with Crippen LogP contribution in [-0.4, -0.2) is 15.7 Å². The molecule has 0 fully saturated rings. The van der Waals surface area contributed by atoms with Crippen LogP contribution in [0, 0.1) is 0 Å². The van der Waals surface area contributed by atoms with E-state index in [2.05, 4.69) is 10.4 Å². The fourth-order valence-corrected chi connectivity index (χ4v) is 2.86. The largest absolute Gasteiger partial charge is 0.489 e. The lowest BCUT2D eigenvalue weighted by atomic mass is 10.1. The number of amides is 1. The highest BCUT2D eigenvalue weighted by molar-refractivity contribution is 6.31. The molecule has 0 unspecified atom stereocenters. The third-order valence-corrected chi connectivity index (χ3v) is 4.50. The van der Waals surface area contributed by atoms with Crippen molar-refractivity contribution in [2.75, 3.05) is 0 Å². The molecule has 7 heteroatoms. The lowest BCUT2D eigenvalue weighted by molar-refractivity contribution is 0.0950. The molecule has 0 saturated carbocycles. The number of carbonyl (C=O) groups excluding carboxylic acids is 1. The summed E-state index contributed by atoms with van der Waals surface area (Å²) in [5.41, 5.74) is 2.17. The summed E-state index contributed by atoms with van der Waals surface area (Å²) in [4.78, 5) is 12.3. The molecule has 5 nitrogen and oxygen atoms in total. The Kier molecular flexibility index (Phi) is 6.37. The third-order valence-electron chi connectivity index (χ3n) is 3.95. The Morgan fingerprint density at radius 1 is 1.19 bits per heavy atom. The number of rotatable bonds is 7. The fourth-order valence-electron chi connectivity index (χ4n) is 2.46. The Hall–Kier alpha value is -2.50. The van der Waals surface area contributed by atoms with E-state index in [1.165, 1.54) is 0 Å². The standard InChI is InChI=1S/C20H19Cl2N3O2/c1-2-25-12-18(22)19(24-25)11-23-20(26)15-8-6-14(7-9-15)13-27-17-5-3-4-16(21)10-17/h3-10,12H,2,11,13H2,1H3,(H,23,26). The zero-order chi connectivity index (χ0) is 19.2. The van der Waals surface area contributed by atoms with Gasteiger partial charge < -0.3 is 10.1 Å². The molecule has 0 atom stereocenters. The molecule has 1 amide bonds. The number of aryl methyl sites for hydroxylation is 1. The maximum absolute atomic E-state index is 12.3. The highest BCUT2D eigenvalue weighted by Gasteiger charge is 2.10. The molecule has 27 heavy (non-hydrogen) atoms. The van der Waals surface area contributed by atoms with Crippen LogP contribution in [0.5, 0.6) is 5.75 Å². The Balaban J connectivity index is 1.54. The zero-order valence-corrected chi connectivity index (χ0v) is 16.3. The second-order valence-electron chi connectivity index (χ2n) is 5.91. The Bertz CT molecular complexity index is 923. The molecule has 0 radical (unpaired) electrons. The first-order valence-electron chi connectivity index (χ1n) is 8.52. The smallest absolute Gasteiger partial charge is 0.251 e. The van der Waals surface area contributed by atoms with Gasteiger partial charge in [-0.1, -0.05) is 41.4 Å². The minimum atomic E-state index is -0.181. The van der Waals surface area contributed by atoms with Crippen LogP contribution in [0.1, 0.15) is 28.5 Å². The van der Waals surface area contributed by atoms with Crippen LogP contribution >= 0.6 is 23.2 Å². The van der Waals surface area contributed by atoms with E-state index < -0.39 is 0 Å². The molecule has 0 spiro atoms. The maximum atomic E-state index is 12.3. The first kappa shape index (κ1) is 19.3. The molecule has 0 aliphatic carbocycles. The van der Waals surface area contributed by atoms with E-state index in [0.717, 1.165) is 12.1 Å². The maximum Gasteiger partial charge on any atom is 0.251 e. The summed E-state index contributed by atoms with van der Waals surface area (Å²) in [7, 11) is 0. The summed E-state index contributed by atoms with van der Waals surface area (Å²) in [6.07, 6.45) is 1.75. The van der Waals surface area contributed by atoms with E-state index in [4.69, 9.17) is 27.9 Å². The predicted molar refractivity (Wildman–Crippen MR) is 106 cm³/mol. The summed E-state index contributed by atoms with van der Waals surface area (Å²) in [5.74, 6) is 0.520. The number of aromatic nitrogens is 2. The van der Waals surface area contributed by atoms with E-state index >= 15 is 0 Å². The first-order chi connectivity index (χ1) is 13.0. The number of hydrogen-bond acceptors (Lipinski definition) is 3. The van der Waals surface area contributed by atoms with Crippen LogP contribution in [0.4, 0.5) is 0 Å². The topological polar surface area (TPSA) is 56.2 Å². The molecule has 3 rings (SSSR count). The molecule has 1 N–H and O–H groups in total. The van der Waals surface area contributed by atoms with Crippen LogP contribution in [0.15, 0.2) is 54.7 Å². The third kappa shape index (κ3) is 5.25. The average Bonchev–Trinajstić information content (AvgIpc) is 3.05. The predicted octanol–water partition coefficient (Wildman–Crippen LogP) is 4.72. The van der Waals surface area contributed by atoms with Gasteiger partial charge in [-0.25, -0.2) is 0 Å². The van der Waals surface area contributed by atoms with Gasteiger partial charge in [0.15, 0.2) is 0 Å². The van der Waals surface area contributed by atoms with Gasteiger partial charge in [0, 0.05) is 23.3 Å². The second kappa shape index (κ2) is 8.93. The van der Waals surface area contributed by atoms with Gasteiger partial charge in [-0.3, -0.25) is 9.48 Å². The number of benzene rings is 2. The van der Waals surface area contributed by atoms with Gasteiger partial charge in [-0.2, -0.15) is 5.10 Å². The van der Waals surface area contributed by atoms with E-state index in [9.17, 15) is 4.79 Å². The lowest BCUT2D eigenvalue weighted by Gasteiger charge is -2.08. The molecule has 1 heterocycles. The minimum absolute atomic E-state index is 0.181. The van der Waals surface area contributed by atoms with Crippen molar-refractivity contribution in [3.05, 3.63) is 81.6 Å². The second-order valence-corrected chi connectivity index (χ2v) is 6.75. The van der Waals surface area contributed by atoms with Crippen molar-refractivity contribution in [2.45, 2.75) is 26.6 Å². The highest BCUT2D eigenvalue weighted by atomic mass is 35.5. The summed E-state index contributed by atoms with van der Waals surface area (Å²) in [6, 6.07) is 14.5. The van der Waals surface area contributed by atoms with Crippen molar-refractivity contribution in [2.24, 2.45) is 0 Å². The molecule has 0 aliphatic heterocycles. The Morgan fingerprint density at radius 2 is 1.96 bits per heavy atom. The minimum Gasteiger partial charge on any atom is -0.489 e. The molecule has 2 aromatic carbocycles. The molecule has 0 saturated heterocycles. The van der Waals surface area contributed by atoms with Crippen molar-refractivity contribution >= 4 is 29.1 Å². The number of nitrogens with zero attached hydrogens (tertiary/aromatic N) is 2. The summed E-state index contributed by atoms with van der Waals surface area (Å²) in [6.45, 7) is 3.38. The van der Waals surface area contributed by atoms with E-state index in [0.29, 0.717) is 33.7 Å². The lowest BCUT2D eigenvalue weighted by Crippen LogP contribution is -2.23. The first-order valence-corrected chi connectivity index (χ1v) is 9.28. The molecule has 3 aromatic rings. The number of ether oxygens (including phenoxy) is 1. The monoisotopic (exact) mass is 403 g/mol. The SMILES string of the molecule is CCn1cc(Cl)c(CNC(=O)c2ccc(COc3cccc(Cl)c3)cc2)n1. The van der Waals surface area contributed by atoms with E-state index in [1.54, 1.807) is 35.1 Å². The van der Waals surface area contributed by atoms with Gasteiger partial charge in [0.1, 0.15) is 18.1 Å². The zero-order valence-electron chi connectivity index (χ0n) is 14.8. The van der Waals surface area contributed by atoms with Gasteiger partial charge in [-0.15, -0.1) is 0 Å². The number of carbonyl (C=O) groups is 1. The van der Waals surface area contributed by atoms with E-state index in [1.807, 2.05) is 31.2 Å². The number of halogens is 2.